The summed E-state index contributed by atoms with van der Waals surface area (Å²) in [7, 11) is 0. The smallest absolute Gasteiger partial charge is 0.309 e. The summed E-state index contributed by atoms with van der Waals surface area (Å²) < 4.78 is 5.39. The van der Waals surface area contributed by atoms with E-state index in [0.29, 0.717) is 25.0 Å². The largest absolute Gasteiger partial charge is 0.481 e. The molecule has 0 aromatic rings. The zero-order chi connectivity index (χ0) is 28.6. The summed E-state index contributed by atoms with van der Waals surface area (Å²) in [5, 5.41) is 29.3. The Morgan fingerprint density at radius 2 is 1.39 bits per heavy atom. The Bertz CT molecular complexity index is 729. The molecule has 0 aliphatic heterocycles. The highest BCUT2D eigenvalue weighted by atomic mass is 16.5. The Labute approximate surface area is 229 Å². The zero-order valence-corrected chi connectivity index (χ0v) is 23.9. The molecule has 0 spiro atoms. The number of hydrogen-bond donors (Lipinski definition) is 7. The van der Waals surface area contributed by atoms with E-state index in [2.05, 4.69) is 17.6 Å². The van der Waals surface area contributed by atoms with Crippen LogP contribution in [-0.4, -0.2) is 48.7 Å². The zero-order valence-electron chi connectivity index (χ0n) is 23.9. The maximum Gasteiger partial charge on any atom is 0.309 e. The van der Waals surface area contributed by atoms with Crippen LogP contribution in [0.2, 0.25) is 0 Å². The Morgan fingerprint density at radius 1 is 0.895 bits per heavy atom. The lowest BCUT2D eigenvalue weighted by Gasteiger charge is -2.39. The first-order valence-electron chi connectivity index (χ1n) is 14.6. The minimum atomic E-state index is -0.662. The van der Waals surface area contributed by atoms with Crippen molar-refractivity contribution in [2.75, 3.05) is 19.7 Å². The van der Waals surface area contributed by atoms with Gasteiger partial charge in [-0.25, -0.2) is 0 Å². The van der Waals surface area contributed by atoms with Gasteiger partial charge in [0.2, 0.25) is 0 Å². The van der Waals surface area contributed by atoms with Crippen molar-refractivity contribution in [1.29, 1.82) is 10.8 Å². The molecule has 0 unspecified atom stereocenters. The SMILES string of the molecule is CC(C)[C@]1(C(=O)O)CC[C@H](CNC(=N)N)CC1.CCCCCCCOC(=O)[C@H]1CC[C@H](CNC(=N)N)CC1. The number of esters is 1. The fourth-order valence-electron chi connectivity index (χ4n) is 5.54. The van der Waals surface area contributed by atoms with Crippen molar-refractivity contribution in [1.82, 2.24) is 10.6 Å². The van der Waals surface area contributed by atoms with Crippen LogP contribution in [0.1, 0.15) is 104 Å². The Balaban J connectivity index is 0.000000389. The van der Waals surface area contributed by atoms with Crippen LogP contribution in [0.25, 0.3) is 0 Å². The minimum absolute atomic E-state index is 0.0102. The number of aliphatic carboxylic acids is 1. The summed E-state index contributed by atoms with van der Waals surface area (Å²) in [6.45, 7) is 8.18. The molecule has 0 aromatic carbocycles. The van der Waals surface area contributed by atoms with Gasteiger partial charge >= 0.3 is 11.9 Å². The van der Waals surface area contributed by atoms with Gasteiger partial charge in [0, 0.05) is 13.1 Å². The van der Waals surface area contributed by atoms with Crippen molar-refractivity contribution >= 4 is 23.9 Å². The number of nitrogens with two attached hydrogens (primary N) is 2. The molecular weight excluding hydrogens is 484 g/mol. The maximum atomic E-state index is 12.0. The van der Waals surface area contributed by atoms with Crippen molar-refractivity contribution in [3.63, 3.8) is 0 Å². The van der Waals surface area contributed by atoms with Crippen LogP contribution in [0.5, 0.6) is 0 Å². The average Bonchev–Trinajstić information content (AvgIpc) is 2.88. The summed E-state index contributed by atoms with van der Waals surface area (Å²) >= 11 is 0. The van der Waals surface area contributed by atoms with E-state index in [1.807, 2.05) is 13.8 Å². The van der Waals surface area contributed by atoms with E-state index in [9.17, 15) is 14.7 Å². The summed E-state index contributed by atoms with van der Waals surface area (Å²) in [5.74, 6) is 0.547. The second-order valence-electron chi connectivity index (χ2n) is 11.4. The van der Waals surface area contributed by atoms with Crippen molar-refractivity contribution in [2.24, 2.45) is 40.6 Å². The third-order valence-corrected chi connectivity index (χ3v) is 8.36. The fourth-order valence-corrected chi connectivity index (χ4v) is 5.54. The molecule has 2 saturated carbocycles. The molecule has 0 atom stereocenters. The molecule has 38 heavy (non-hydrogen) atoms. The van der Waals surface area contributed by atoms with Gasteiger partial charge in [-0.1, -0.05) is 46.5 Å². The highest BCUT2D eigenvalue weighted by molar-refractivity contribution is 5.75. The van der Waals surface area contributed by atoms with Gasteiger partial charge in [0.15, 0.2) is 11.9 Å². The molecule has 10 heteroatoms. The maximum absolute atomic E-state index is 12.0. The molecule has 0 aromatic heterocycles. The summed E-state index contributed by atoms with van der Waals surface area (Å²) in [5.41, 5.74) is 9.97. The van der Waals surface area contributed by atoms with Crippen molar-refractivity contribution in [3.8, 4) is 0 Å². The second-order valence-corrected chi connectivity index (χ2v) is 11.4. The number of carboxylic acids is 1. The van der Waals surface area contributed by atoms with E-state index in [0.717, 1.165) is 70.8 Å². The predicted octanol–water partition coefficient (Wildman–Crippen LogP) is 4.18. The molecule has 2 fully saturated rings. The predicted molar refractivity (Wildman–Crippen MR) is 152 cm³/mol. The number of carbonyl (C=O) groups is 2. The molecule has 0 heterocycles. The number of unbranched alkanes of at least 4 members (excludes halogenated alkanes) is 4. The minimum Gasteiger partial charge on any atom is -0.481 e. The van der Waals surface area contributed by atoms with Crippen LogP contribution < -0.4 is 22.1 Å². The van der Waals surface area contributed by atoms with E-state index in [1.165, 1.54) is 19.3 Å². The first-order chi connectivity index (χ1) is 18.0. The van der Waals surface area contributed by atoms with Crippen molar-refractivity contribution in [2.45, 2.75) is 104 Å². The van der Waals surface area contributed by atoms with Crippen LogP contribution >= 0.6 is 0 Å². The highest BCUT2D eigenvalue weighted by Gasteiger charge is 2.44. The van der Waals surface area contributed by atoms with E-state index in [-0.39, 0.29) is 29.7 Å². The van der Waals surface area contributed by atoms with Crippen molar-refractivity contribution in [3.05, 3.63) is 0 Å². The van der Waals surface area contributed by atoms with Crippen LogP contribution in [0.4, 0.5) is 0 Å². The van der Waals surface area contributed by atoms with Crippen LogP contribution in [0, 0.1) is 39.9 Å². The molecule has 220 valence electrons. The monoisotopic (exact) mass is 538 g/mol. The van der Waals surface area contributed by atoms with Gasteiger partial charge in [-0.2, -0.15) is 0 Å². The van der Waals surface area contributed by atoms with Gasteiger partial charge in [-0.15, -0.1) is 0 Å². The standard InChI is InChI=1S/C16H31N3O2.C12H23N3O2/c1-2-3-4-5-6-11-21-15(20)14-9-7-13(8-10-14)12-19-16(17)18;1-8(2)12(10(16)17)5-3-9(4-6-12)7-15-11(13)14/h13-14H,2-12H2,1H3,(H4,17,18,19);8-9H,3-7H2,1-2H3,(H,16,17)(H4,13,14,15)/t13-,14-;9-,12-. The van der Waals surface area contributed by atoms with E-state index in [1.54, 1.807) is 0 Å². The molecule has 0 bridgehead atoms. The number of hydrogen-bond acceptors (Lipinski definition) is 5. The number of carbonyl (C=O) groups excluding carboxylic acids is 1. The molecule has 0 radical (unpaired) electrons. The lowest BCUT2D eigenvalue weighted by atomic mass is 9.64. The lowest BCUT2D eigenvalue weighted by Crippen LogP contribution is -2.42. The third kappa shape index (κ3) is 12.3. The summed E-state index contributed by atoms with van der Waals surface area (Å²) in [6, 6.07) is 0. The molecule has 0 saturated heterocycles. The fraction of sp³-hybridized carbons (Fsp3) is 0.857. The van der Waals surface area contributed by atoms with Gasteiger partial charge in [0.05, 0.1) is 17.9 Å². The average molecular weight is 539 g/mol. The molecule has 2 aliphatic rings. The lowest BCUT2D eigenvalue weighted by molar-refractivity contribution is -0.155. The topological polar surface area (TPSA) is 187 Å². The van der Waals surface area contributed by atoms with E-state index in [4.69, 9.17) is 27.0 Å². The first kappa shape index (κ1) is 33.5. The number of rotatable bonds is 13. The molecule has 2 aliphatic carbocycles. The molecule has 9 N–H and O–H groups in total. The van der Waals surface area contributed by atoms with Gasteiger partial charge in [-0.3, -0.25) is 20.4 Å². The quantitative estimate of drug-likeness (QED) is 0.0787. The van der Waals surface area contributed by atoms with Crippen LogP contribution in [-0.2, 0) is 14.3 Å². The van der Waals surface area contributed by atoms with Gasteiger partial charge in [0.1, 0.15) is 0 Å². The highest BCUT2D eigenvalue weighted by Crippen LogP contribution is 2.44. The number of ether oxygens (including phenoxy) is 1. The van der Waals surface area contributed by atoms with Gasteiger partial charge in [0.25, 0.3) is 0 Å². The molecule has 10 nitrogen and oxygen atoms in total. The Kier molecular flexibility index (Phi) is 15.8. The first-order valence-corrected chi connectivity index (χ1v) is 14.6. The molecule has 0 amide bonds. The Hall–Kier alpha value is -2.52. The second kappa shape index (κ2) is 17.9. The normalized spacial score (nSPS) is 25.0. The number of guanidine groups is 2. The molecular formula is C28H54N6O4. The summed E-state index contributed by atoms with van der Waals surface area (Å²) in [4.78, 5) is 23.4. The van der Waals surface area contributed by atoms with Gasteiger partial charge in [-0.05, 0) is 75.5 Å². The van der Waals surface area contributed by atoms with Crippen LogP contribution in [0.15, 0.2) is 0 Å². The Morgan fingerprint density at radius 3 is 1.84 bits per heavy atom. The van der Waals surface area contributed by atoms with Crippen molar-refractivity contribution < 1.29 is 19.4 Å². The van der Waals surface area contributed by atoms with Crippen LogP contribution in [0.3, 0.4) is 0 Å². The van der Waals surface area contributed by atoms with Gasteiger partial charge < -0.3 is 31.9 Å². The summed E-state index contributed by atoms with van der Waals surface area (Å²) in [6.07, 6.45) is 13.0. The third-order valence-electron chi connectivity index (χ3n) is 8.36. The number of nitrogens with one attached hydrogen (secondary N) is 4. The van der Waals surface area contributed by atoms with E-state index < -0.39 is 11.4 Å². The molecule has 2 rings (SSSR count). The number of carboxylic acid groups (broad SMARTS) is 1. The van der Waals surface area contributed by atoms with E-state index >= 15 is 0 Å².